The normalized spacial score (nSPS) is 15.6. The molecule has 1 N–H and O–H groups in total. The fourth-order valence-corrected chi connectivity index (χ4v) is 4.16. The van der Waals surface area contributed by atoms with Crippen LogP contribution in [0.25, 0.3) is 6.08 Å². The predicted molar refractivity (Wildman–Crippen MR) is 116 cm³/mol. The number of para-hydroxylation sites is 1. The van der Waals surface area contributed by atoms with Crippen LogP contribution in [-0.4, -0.2) is 27.6 Å². The van der Waals surface area contributed by atoms with E-state index in [9.17, 15) is 27.2 Å². The molecule has 1 fully saturated rings. The molecule has 0 spiro atoms. The third kappa shape index (κ3) is 5.92. The fourth-order valence-electron chi connectivity index (χ4n) is 2.85. The van der Waals surface area contributed by atoms with Gasteiger partial charge in [0.1, 0.15) is 10.1 Å². The molecule has 2 amide bonds. The van der Waals surface area contributed by atoms with Gasteiger partial charge in [-0.05, 0) is 42.3 Å². The molecule has 0 radical (unpaired) electrons. The number of hydrogen-bond acceptors (Lipinski definition) is 4. The second-order valence-electron chi connectivity index (χ2n) is 6.58. The highest BCUT2D eigenvalue weighted by molar-refractivity contribution is 8.26. The van der Waals surface area contributed by atoms with Crippen LogP contribution in [-0.2, 0) is 15.8 Å². The van der Waals surface area contributed by atoms with E-state index in [4.69, 9.17) is 12.2 Å². The summed E-state index contributed by atoms with van der Waals surface area (Å²) in [6.45, 7) is 0.153. The highest BCUT2D eigenvalue weighted by atomic mass is 32.2. The van der Waals surface area contributed by atoms with Gasteiger partial charge in [0.25, 0.3) is 5.91 Å². The Morgan fingerprint density at radius 2 is 1.81 bits per heavy atom. The van der Waals surface area contributed by atoms with E-state index in [1.165, 1.54) is 47.4 Å². The van der Waals surface area contributed by atoms with E-state index in [-0.39, 0.29) is 36.8 Å². The van der Waals surface area contributed by atoms with Crippen LogP contribution in [0.5, 0.6) is 0 Å². The molecule has 1 saturated heterocycles. The third-order valence-electron chi connectivity index (χ3n) is 4.33. The molecule has 0 unspecified atom stereocenters. The quantitative estimate of drug-likeness (QED) is 0.347. The molecule has 1 heterocycles. The van der Waals surface area contributed by atoms with Gasteiger partial charge in [0.15, 0.2) is 0 Å². The maximum Gasteiger partial charge on any atom is 0.418 e. The lowest BCUT2D eigenvalue weighted by atomic mass is 10.1. The number of thioether (sulfide) groups is 1. The van der Waals surface area contributed by atoms with E-state index in [0.29, 0.717) is 14.8 Å². The number of amides is 2. The number of halogens is 4. The molecule has 0 atom stereocenters. The number of alkyl halides is 3. The van der Waals surface area contributed by atoms with Crippen molar-refractivity contribution in [2.24, 2.45) is 0 Å². The van der Waals surface area contributed by atoms with Crippen LogP contribution in [0.15, 0.2) is 53.4 Å². The van der Waals surface area contributed by atoms with Crippen LogP contribution >= 0.6 is 24.0 Å². The molecular weight excluding hydrogens is 452 g/mol. The maximum absolute atomic E-state index is 13.0. The molecule has 0 aliphatic carbocycles. The zero-order chi connectivity index (χ0) is 22.6. The van der Waals surface area contributed by atoms with Gasteiger partial charge in [0, 0.05) is 13.0 Å². The standard InChI is InChI=1S/C21H16F4N2O2S2/c22-14-9-7-13(8-10-14)12-17-19(29)27(20(30)31-17)11-3-6-18(28)26-16-5-2-1-4-15(16)21(23,24)25/h1-2,4-5,7-10,12H,3,6,11H2,(H,26,28). The molecule has 1 aliphatic rings. The molecular formula is C21H16F4N2O2S2. The Bertz CT molecular complexity index is 1040. The summed E-state index contributed by atoms with van der Waals surface area (Å²) in [7, 11) is 0. The molecule has 1 aliphatic heterocycles. The minimum absolute atomic E-state index is 0.0831. The van der Waals surface area contributed by atoms with Crippen molar-refractivity contribution in [3.8, 4) is 0 Å². The van der Waals surface area contributed by atoms with Crippen LogP contribution in [0.1, 0.15) is 24.0 Å². The number of carbonyl (C=O) groups excluding carboxylic acids is 2. The smallest absolute Gasteiger partial charge is 0.326 e. The molecule has 0 aromatic heterocycles. The van der Waals surface area contributed by atoms with Crippen LogP contribution in [0.3, 0.4) is 0 Å². The second kappa shape index (κ2) is 9.61. The number of hydrogen-bond donors (Lipinski definition) is 1. The van der Waals surface area contributed by atoms with Crippen molar-refractivity contribution in [1.29, 1.82) is 0 Å². The molecule has 2 aromatic rings. The lowest BCUT2D eigenvalue weighted by Gasteiger charge is -2.15. The largest absolute Gasteiger partial charge is 0.418 e. The number of thiocarbonyl (C=S) groups is 1. The Morgan fingerprint density at radius 1 is 1.13 bits per heavy atom. The predicted octanol–water partition coefficient (Wildman–Crippen LogP) is 5.46. The highest BCUT2D eigenvalue weighted by Gasteiger charge is 2.34. The van der Waals surface area contributed by atoms with Gasteiger partial charge in [-0.1, -0.05) is 48.2 Å². The number of anilines is 1. The fraction of sp³-hybridized carbons (Fsp3) is 0.190. The van der Waals surface area contributed by atoms with Gasteiger partial charge < -0.3 is 5.32 Å². The van der Waals surface area contributed by atoms with Gasteiger partial charge in [0.2, 0.25) is 5.91 Å². The SMILES string of the molecule is O=C(CCCN1C(=O)C(=Cc2ccc(F)cc2)SC1=S)Nc1ccccc1C(F)(F)F. The first-order valence-corrected chi connectivity index (χ1v) is 10.3. The van der Waals surface area contributed by atoms with Crippen molar-refractivity contribution in [3.05, 3.63) is 70.4 Å². The first-order valence-electron chi connectivity index (χ1n) is 9.12. The van der Waals surface area contributed by atoms with Crippen molar-refractivity contribution < 1.29 is 27.2 Å². The Kier molecular flexibility index (Phi) is 7.11. The third-order valence-corrected chi connectivity index (χ3v) is 5.71. The van der Waals surface area contributed by atoms with E-state index in [1.807, 2.05) is 0 Å². The summed E-state index contributed by atoms with van der Waals surface area (Å²) < 4.78 is 52.4. The Hall–Kier alpha value is -2.72. The van der Waals surface area contributed by atoms with Gasteiger partial charge in [-0.15, -0.1) is 0 Å². The number of benzene rings is 2. The Balaban J connectivity index is 1.56. The minimum Gasteiger partial charge on any atom is -0.326 e. The van der Waals surface area contributed by atoms with Gasteiger partial charge in [-0.3, -0.25) is 14.5 Å². The lowest BCUT2D eigenvalue weighted by molar-refractivity contribution is -0.137. The average molecular weight is 468 g/mol. The summed E-state index contributed by atoms with van der Waals surface area (Å²) in [6.07, 6.45) is -2.85. The highest BCUT2D eigenvalue weighted by Crippen LogP contribution is 2.35. The zero-order valence-corrected chi connectivity index (χ0v) is 17.5. The topological polar surface area (TPSA) is 49.4 Å². The van der Waals surface area contributed by atoms with Crippen molar-refractivity contribution in [1.82, 2.24) is 4.90 Å². The number of nitrogens with one attached hydrogen (secondary N) is 1. The molecule has 162 valence electrons. The van der Waals surface area contributed by atoms with Gasteiger partial charge >= 0.3 is 6.18 Å². The number of nitrogens with zero attached hydrogens (tertiary/aromatic N) is 1. The number of rotatable bonds is 6. The van der Waals surface area contributed by atoms with Gasteiger partial charge in [-0.2, -0.15) is 13.2 Å². The molecule has 10 heteroatoms. The summed E-state index contributed by atoms with van der Waals surface area (Å²) >= 11 is 6.31. The Labute approximate surface area is 185 Å². The van der Waals surface area contributed by atoms with E-state index in [1.54, 1.807) is 6.08 Å². The van der Waals surface area contributed by atoms with E-state index in [0.717, 1.165) is 17.8 Å². The number of carbonyl (C=O) groups is 2. The summed E-state index contributed by atoms with van der Waals surface area (Å²) in [4.78, 5) is 26.4. The van der Waals surface area contributed by atoms with Crippen molar-refractivity contribution in [3.63, 3.8) is 0 Å². The van der Waals surface area contributed by atoms with E-state index >= 15 is 0 Å². The maximum atomic E-state index is 13.0. The van der Waals surface area contributed by atoms with Gasteiger partial charge in [0.05, 0.1) is 16.2 Å². The molecule has 2 aromatic carbocycles. The summed E-state index contributed by atoms with van der Waals surface area (Å²) in [5.41, 5.74) is -0.594. The first kappa shape index (κ1) is 23.0. The summed E-state index contributed by atoms with van der Waals surface area (Å²) in [5.74, 6) is -1.31. The average Bonchev–Trinajstić information content (AvgIpc) is 2.96. The zero-order valence-electron chi connectivity index (χ0n) is 15.9. The van der Waals surface area contributed by atoms with E-state index in [2.05, 4.69) is 5.32 Å². The van der Waals surface area contributed by atoms with Crippen LogP contribution in [0, 0.1) is 5.82 Å². The summed E-state index contributed by atoms with van der Waals surface area (Å²) in [5, 5.41) is 2.27. The summed E-state index contributed by atoms with van der Waals surface area (Å²) in [6, 6.07) is 10.3. The molecule has 4 nitrogen and oxygen atoms in total. The Morgan fingerprint density at radius 3 is 2.48 bits per heavy atom. The molecule has 31 heavy (non-hydrogen) atoms. The van der Waals surface area contributed by atoms with Crippen molar-refractivity contribution in [2.75, 3.05) is 11.9 Å². The van der Waals surface area contributed by atoms with Gasteiger partial charge in [-0.25, -0.2) is 4.39 Å². The first-order chi connectivity index (χ1) is 14.6. The lowest BCUT2D eigenvalue weighted by Crippen LogP contribution is -2.29. The van der Waals surface area contributed by atoms with Crippen LogP contribution in [0.2, 0.25) is 0 Å². The molecule has 0 bridgehead atoms. The van der Waals surface area contributed by atoms with Crippen LogP contribution < -0.4 is 5.32 Å². The van der Waals surface area contributed by atoms with Crippen molar-refractivity contribution >= 4 is 51.9 Å². The minimum atomic E-state index is -4.58. The van der Waals surface area contributed by atoms with Crippen molar-refractivity contribution in [2.45, 2.75) is 19.0 Å². The molecule has 0 saturated carbocycles. The van der Waals surface area contributed by atoms with Crippen LogP contribution in [0.4, 0.5) is 23.2 Å². The second-order valence-corrected chi connectivity index (χ2v) is 8.26. The molecule has 3 rings (SSSR count). The monoisotopic (exact) mass is 468 g/mol. The van der Waals surface area contributed by atoms with E-state index < -0.39 is 17.6 Å².